The van der Waals surface area contributed by atoms with Crippen LogP contribution in [0.4, 0.5) is 4.39 Å². The fourth-order valence-electron chi connectivity index (χ4n) is 7.28. The molecular weight excluding hydrogens is 497 g/mol. The topological polar surface area (TPSA) is 87.7 Å². The number of benzene rings is 2. The molecule has 0 aromatic heterocycles. The highest BCUT2D eigenvalue weighted by Crippen LogP contribution is 2.58. The molecule has 0 bridgehead atoms. The van der Waals surface area contributed by atoms with Gasteiger partial charge in [0, 0.05) is 19.6 Å². The summed E-state index contributed by atoms with van der Waals surface area (Å²) >= 11 is 0. The Morgan fingerprint density at radius 1 is 1.13 bits per heavy atom. The Kier molecular flexibility index (Phi) is 7.14. The van der Waals surface area contributed by atoms with Gasteiger partial charge in [-0.15, -0.1) is 0 Å². The van der Waals surface area contributed by atoms with Crippen molar-refractivity contribution in [1.29, 1.82) is 0 Å². The lowest BCUT2D eigenvalue weighted by Crippen LogP contribution is -2.53. The molecule has 2 heterocycles. The first-order valence-corrected chi connectivity index (χ1v) is 14.2. The second kappa shape index (κ2) is 10.7. The zero-order valence-corrected chi connectivity index (χ0v) is 22.1. The van der Waals surface area contributed by atoms with E-state index in [0.29, 0.717) is 32.0 Å². The molecule has 2 amide bonds. The number of ether oxygens (including phenoxy) is 1. The number of hydrogen-bond donors (Lipinski definition) is 2. The van der Waals surface area contributed by atoms with Gasteiger partial charge in [-0.05, 0) is 66.7 Å². The van der Waals surface area contributed by atoms with Crippen molar-refractivity contribution in [2.45, 2.75) is 44.2 Å². The maximum absolute atomic E-state index is 13.7. The van der Waals surface area contributed by atoms with Gasteiger partial charge in [0.05, 0.1) is 17.5 Å². The number of carbonyl (C=O) groups is 3. The van der Waals surface area contributed by atoms with Crippen LogP contribution in [0.3, 0.4) is 0 Å². The molecular formula is C31H36FN3O4. The number of piperidine rings is 1. The molecule has 2 aliphatic carbocycles. The molecule has 4 aliphatic rings. The molecule has 0 spiro atoms. The number of fused-ring (bicyclic) bond motifs is 2. The molecule has 206 valence electrons. The van der Waals surface area contributed by atoms with Crippen molar-refractivity contribution in [2.24, 2.45) is 23.2 Å². The summed E-state index contributed by atoms with van der Waals surface area (Å²) < 4.78 is 19.6. The molecule has 2 saturated carbocycles. The number of carbonyl (C=O) groups excluding carboxylic acids is 3. The van der Waals surface area contributed by atoms with Gasteiger partial charge < -0.3 is 15.4 Å². The third kappa shape index (κ3) is 5.07. The van der Waals surface area contributed by atoms with E-state index in [2.05, 4.69) is 33.7 Å². The minimum atomic E-state index is -1.15. The number of alkyl halides is 1. The van der Waals surface area contributed by atoms with Crippen molar-refractivity contribution in [3.05, 3.63) is 54.6 Å². The first-order valence-electron chi connectivity index (χ1n) is 14.2. The number of nitrogens with one attached hydrogen (secondary N) is 2. The van der Waals surface area contributed by atoms with Crippen LogP contribution >= 0.6 is 0 Å². The third-order valence-electron chi connectivity index (χ3n) is 9.44. The summed E-state index contributed by atoms with van der Waals surface area (Å²) in [6, 6.07) is 16.8. The van der Waals surface area contributed by atoms with Crippen molar-refractivity contribution < 1.29 is 23.5 Å². The highest BCUT2D eigenvalue weighted by Gasteiger charge is 2.64. The van der Waals surface area contributed by atoms with Gasteiger partial charge in [0.2, 0.25) is 11.8 Å². The van der Waals surface area contributed by atoms with Crippen molar-refractivity contribution in [3.8, 4) is 16.9 Å². The SMILES string of the molecule is O=C(CF)[C@H](CC12CC1CNC2=O)NC(=O)[C@@H]1[C@H]2CCC[C@H]2CN1CCOc1cccc(-c2ccccc2)c1. The van der Waals surface area contributed by atoms with Crippen LogP contribution in [0.5, 0.6) is 5.75 Å². The maximum Gasteiger partial charge on any atom is 0.238 e. The fraction of sp³-hybridized carbons (Fsp3) is 0.516. The maximum atomic E-state index is 13.7. The standard InChI is InChI=1S/C31H36FN3O4/c32-17-27(36)26(16-31-15-23(31)18-33-30(31)38)34-29(37)28-25-11-5-9-22(25)19-35(28)12-13-39-24-10-4-8-21(14-24)20-6-2-1-3-7-20/h1-4,6-8,10,14,22-23,25-26,28H,5,9,11-13,15-19H2,(H,33,38)(H,34,37)/t22-,23?,25-,26-,28-,31?/m0/s1. The largest absolute Gasteiger partial charge is 0.492 e. The third-order valence-corrected chi connectivity index (χ3v) is 9.44. The Labute approximate surface area is 228 Å². The van der Waals surface area contributed by atoms with E-state index >= 15 is 0 Å². The van der Waals surface area contributed by atoms with Crippen LogP contribution in [0.25, 0.3) is 11.1 Å². The van der Waals surface area contributed by atoms with E-state index in [-0.39, 0.29) is 36.1 Å². The van der Waals surface area contributed by atoms with Gasteiger partial charge >= 0.3 is 0 Å². The van der Waals surface area contributed by atoms with Gasteiger partial charge in [-0.3, -0.25) is 19.3 Å². The monoisotopic (exact) mass is 533 g/mol. The Balaban J connectivity index is 1.11. The summed E-state index contributed by atoms with van der Waals surface area (Å²) in [7, 11) is 0. The van der Waals surface area contributed by atoms with Gasteiger partial charge in [0.25, 0.3) is 0 Å². The van der Waals surface area contributed by atoms with Crippen molar-refractivity contribution in [3.63, 3.8) is 0 Å². The van der Waals surface area contributed by atoms with Crippen LogP contribution in [0.15, 0.2) is 54.6 Å². The summed E-state index contributed by atoms with van der Waals surface area (Å²) in [5.41, 5.74) is 1.57. The molecule has 2 aromatic carbocycles. The number of hydrogen-bond acceptors (Lipinski definition) is 5. The fourth-order valence-corrected chi connectivity index (χ4v) is 7.28. The number of nitrogens with zero attached hydrogens (tertiary/aromatic N) is 1. The van der Waals surface area contributed by atoms with Crippen LogP contribution in [0.1, 0.15) is 32.1 Å². The summed E-state index contributed by atoms with van der Waals surface area (Å²) in [5, 5.41) is 5.73. The molecule has 4 fully saturated rings. The number of likely N-dealkylation sites (tertiary alicyclic amines) is 1. The van der Waals surface area contributed by atoms with Crippen molar-refractivity contribution in [1.82, 2.24) is 15.5 Å². The average molecular weight is 534 g/mol. The van der Waals surface area contributed by atoms with E-state index in [1.54, 1.807) is 0 Å². The zero-order chi connectivity index (χ0) is 27.0. The lowest BCUT2D eigenvalue weighted by molar-refractivity contribution is -0.133. The molecule has 8 heteroatoms. The Bertz CT molecular complexity index is 1240. The number of rotatable bonds is 11. The number of halogens is 1. The van der Waals surface area contributed by atoms with Gasteiger partial charge in [0.1, 0.15) is 19.0 Å². The summed E-state index contributed by atoms with van der Waals surface area (Å²) in [4.78, 5) is 40.8. The van der Waals surface area contributed by atoms with Gasteiger partial charge in [-0.25, -0.2) is 4.39 Å². The quantitative estimate of drug-likeness (QED) is 0.463. The second-order valence-electron chi connectivity index (χ2n) is 11.7. The zero-order valence-electron chi connectivity index (χ0n) is 22.1. The molecule has 2 saturated heterocycles. The van der Waals surface area contributed by atoms with Gasteiger partial charge in [-0.1, -0.05) is 48.9 Å². The summed E-state index contributed by atoms with van der Waals surface area (Å²) in [6.45, 7) is 1.27. The molecule has 6 rings (SSSR count). The van der Waals surface area contributed by atoms with Crippen LogP contribution in [-0.4, -0.2) is 67.5 Å². The van der Waals surface area contributed by atoms with E-state index in [4.69, 9.17) is 4.74 Å². The highest BCUT2D eigenvalue weighted by atomic mass is 19.1. The van der Waals surface area contributed by atoms with Crippen LogP contribution in [-0.2, 0) is 14.4 Å². The van der Waals surface area contributed by atoms with Crippen LogP contribution in [0, 0.1) is 23.2 Å². The summed E-state index contributed by atoms with van der Waals surface area (Å²) in [6.07, 6.45) is 4.03. The molecule has 2 aliphatic heterocycles. The average Bonchev–Trinajstić information content (AvgIpc) is 3.17. The molecule has 2 N–H and O–H groups in total. The smallest absolute Gasteiger partial charge is 0.238 e. The molecule has 0 radical (unpaired) electrons. The Morgan fingerprint density at radius 3 is 2.69 bits per heavy atom. The normalized spacial score (nSPS) is 29.8. The highest BCUT2D eigenvalue weighted by molar-refractivity contribution is 5.94. The first kappa shape index (κ1) is 26.0. The second-order valence-corrected chi connectivity index (χ2v) is 11.7. The van der Waals surface area contributed by atoms with Gasteiger partial charge in [0.15, 0.2) is 5.78 Å². The Hall–Kier alpha value is -3.26. The van der Waals surface area contributed by atoms with E-state index in [0.717, 1.165) is 42.7 Å². The summed E-state index contributed by atoms with van der Waals surface area (Å²) in [5.74, 6) is 0.644. The number of ketones is 1. The minimum Gasteiger partial charge on any atom is -0.492 e. The van der Waals surface area contributed by atoms with Crippen molar-refractivity contribution in [2.75, 3.05) is 32.9 Å². The van der Waals surface area contributed by atoms with E-state index < -0.39 is 23.9 Å². The number of amides is 2. The molecule has 39 heavy (non-hydrogen) atoms. The van der Waals surface area contributed by atoms with Crippen LogP contribution in [0.2, 0.25) is 0 Å². The lowest BCUT2D eigenvalue weighted by atomic mass is 9.91. The molecule has 2 aromatic rings. The van der Waals surface area contributed by atoms with E-state index in [1.807, 2.05) is 36.4 Å². The predicted molar refractivity (Wildman–Crippen MR) is 145 cm³/mol. The Morgan fingerprint density at radius 2 is 1.95 bits per heavy atom. The van der Waals surface area contributed by atoms with Crippen LogP contribution < -0.4 is 15.4 Å². The van der Waals surface area contributed by atoms with Gasteiger partial charge in [-0.2, -0.15) is 0 Å². The molecule has 6 atom stereocenters. The molecule has 7 nitrogen and oxygen atoms in total. The first-order chi connectivity index (χ1) is 19.0. The molecule has 2 unspecified atom stereocenters. The number of Topliss-reactive ketones (excluding diaryl/α,β-unsaturated/α-hetero) is 1. The van der Waals surface area contributed by atoms with E-state index in [1.165, 1.54) is 0 Å². The predicted octanol–water partition coefficient (Wildman–Crippen LogP) is 3.38. The van der Waals surface area contributed by atoms with Crippen molar-refractivity contribution >= 4 is 17.6 Å². The minimum absolute atomic E-state index is 0.0785. The lowest BCUT2D eigenvalue weighted by Gasteiger charge is -2.29. The van der Waals surface area contributed by atoms with E-state index in [9.17, 15) is 18.8 Å².